The number of carbonyl (C=O) groups excluding carboxylic acids is 2. The highest BCUT2D eigenvalue weighted by atomic mass is 16.5. The van der Waals surface area contributed by atoms with Crippen molar-refractivity contribution in [2.75, 3.05) is 19.7 Å². The Bertz CT molecular complexity index is 775. The summed E-state index contributed by atoms with van der Waals surface area (Å²) in [5.74, 6) is 0.363. The summed E-state index contributed by atoms with van der Waals surface area (Å²) in [6, 6.07) is 1.73. The molecule has 3 rings (SSSR count). The van der Waals surface area contributed by atoms with Crippen LogP contribution in [0.5, 0.6) is 0 Å². The maximum absolute atomic E-state index is 12.6. The normalized spacial score (nSPS) is 17.4. The smallest absolute Gasteiger partial charge is 0.291 e. The van der Waals surface area contributed by atoms with E-state index < -0.39 is 6.10 Å². The van der Waals surface area contributed by atoms with Crippen LogP contribution in [0.2, 0.25) is 0 Å². The topological polar surface area (TPSA) is 110 Å². The van der Waals surface area contributed by atoms with Crippen molar-refractivity contribution in [1.82, 2.24) is 25.2 Å². The molecule has 9 heteroatoms. The minimum Gasteiger partial charge on any atom is -0.438 e. The van der Waals surface area contributed by atoms with Crippen LogP contribution >= 0.6 is 0 Å². The lowest BCUT2D eigenvalue weighted by atomic mass is 10.2. The van der Waals surface area contributed by atoms with Crippen molar-refractivity contribution < 1.29 is 18.7 Å². The van der Waals surface area contributed by atoms with E-state index in [1.165, 1.54) is 13.3 Å². The highest BCUT2D eigenvalue weighted by Crippen LogP contribution is 2.21. The first-order chi connectivity index (χ1) is 12.0. The average Bonchev–Trinajstić information content (AvgIpc) is 3.05. The van der Waals surface area contributed by atoms with Gasteiger partial charge in [-0.05, 0) is 13.0 Å². The Hall–Kier alpha value is -2.81. The Morgan fingerprint density at radius 3 is 2.96 bits per heavy atom. The third-order valence-electron chi connectivity index (χ3n) is 3.83. The molecule has 1 unspecified atom stereocenters. The molecule has 25 heavy (non-hydrogen) atoms. The zero-order valence-corrected chi connectivity index (χ0v) is 14.1. The summed E-state index contributed by atoms with van der Waals surface area (Å²) in [7, 11) is 0. The van der Waals surface area contributed by atoms with Gasteiger partial charge in [0.15, 0.2) is 12.2 Å². The zero-order chi connectivity index (χ0) is 17.8. The average molecular weight is 345 g/mol. The van der Waals surface area contributed by atoms with Crippen LogP contribution < -0.4 is 5.32 Å². The van der Waals surface area contributed by atoms with Crippen molar-refractivity contribution in [3.63, 3.8) is 0 Å². The van der Waals surface area contributed by atoms with Gasteiger partial charge in [-0.3, -0.25) is 9.59 Å². The Kier molecular flexibility index (Phi) is 5.03. The van der Waals surface area contributed by atoms with Crippen LogP contribution in [0.25, 0.3) is 0 Å². The van der Waals surface area contributed by atoms with E-state index in [2.05, 4.69) is 20.3 Å². The number of hydrogen-bond donors (Lipinski definition) is 1. The van der Waals surface area contributed by atoms with Crippen molar-refractivity contribution >= 4 is 11.8 Å². The van der Waals surface area contributed by atoms with E-state index in [4.69, 9.17) is 9.15 Å². The molecular weight excluding hydrogens is 326 g/mol. The van der Waals surface area contributed by atoms with Gasteiger partial charge in [-0.1, -0.05) is 0 Å². The molecule has 2 amide bonds. The standard InChI is InChI=1S/C16H19N5O4/c1-10-14(25-9-19-10)16(23)21-5-6-24-13(8-21)15-17-4-3-12(20-15)7-18-11(2)22/h3-4,9,13H,5-8H2,1-2H3,(H,18,22). The third-order valence-corrected chi connectivity index (χ3v) is 3.83. The van der Waals surface area contributed by atoms with Gasteiger partial charge in [-0.25, -0.2) is 15.0 Å². The van der Waals surface area contributed by atoms with Crippen LogP contribution in [0.4, 0.5) is 0 Å². The number of ether oxygens (including phenoxy) is 1. The highest BCUT2D eigenvalue weighted by molar-refractivity contribution is 5.92. The van der Waals surface area contributed by atoms with E-state index in [9.17, 15) is 9.59 Å². The molecule has 1 aliphatic heterocycles. The predicted molar refractivity (Wildman–Crippen MR) is 85.4 cm³/mol. The SMILES string of the molecule is CC(=O)NCc1ccnc(C2CN(C(=O)c3ocnc3C)CCO2)n1. The van der Waals surface area contributed by atoms with E-state index >= 15 is 0 Å². The molecule has 9 nitrogen and oxygen atoms in total. The molecule has 2 aromatic rings. The van der Waals surface area contributed by atoms with E-state index in [1.807, 2.05) is 0 Å². The Labute approximate surface area is 144 Å². The number of carbonyl (C=O) groups is 2. The van der Waals surface area contributed by atoms with Crippen LogP contribution in [0.3, 0.4) is 0 Å². The summed E-state index contributed by atoms with van der Waals surface area (Å²) < 4.78 is 10.9. The van der Waals surface area contributed by atoms with Crippen LogP contribution in [0.15, 0.2) is 23.1 Å². The summed E-state index contributed by atoms with van der Waals surface area (Å²) >= 11 is 0. The number of aryl methyl sites for hydroxylation is 1. The van der Waals surface area contributed by atoms with Crippen molar-refractivity contribution in [2.45, 2.75) is 26.5 Å². The maximum atomic E-state index is 12.6. The lowest BCUT2D eigenvalue weighted by Crippen LogP contribution is -2.42. The van der Waals surface area contributed by atoms with Gasteiger partial charge in [0.25, 0.3) is 5.91 Å². The fourth-order valence-corrected chi connectivity index (χ4v) is 2.52. The number of nitrogens with zero attached hydrogens (tertiary/aromatic N) is 4. The number of nitrogens with one attached hydrogen (secondary N) is 1. The number of rotatable bonds is 4. The second-order valence-electron chi connectivity index (χ2n) is 5.69. The summed E-state index contributed by atoms with van der Waals surface area (Å²) in [5, 5.41) is 2.69. The summed E-state index contributed by atoms with van der Waals surface area (Å²) in [6.45, 7) is 4.65. The zero-order valence-electron chi connectivity index (χ0n) is 14.1. The maximum Gasteiger partial charge on any atom is 0.291 e. The van der Waals surface area contributed by atoms with Crippen molar-refractivity contribution in [2.24, 2.45) is 0 Å². The third kappa shape index (κ3) is 4.00. The van der Waals surface area contributed by atoms with E-state index in [1.54, 1.807) is 24.1 Å². The molecule has 0 spiro atoms. The molecule has 1 atom stereocenters. The second-order valence-corrected chi connectivity index (χ2v) is 5.69. The van der Waals surface area contributed by atoms with Crippen LogP contribution in [0, 0.1) is 6.92 Å². The highest BCUT2D eigenvalue weighted by Gasteiger charge is 2.30. The minimum atomic E-state index is -0.432. The van der Waals surface area contributed by atoms with Crippen molar-refractivity contribution in [3.05, 3.63) is 41.6 Å². The largest absolute Gasteiger partial charge is 0.438 e. The fourth-order valence-electron chi connectivity index (χ4n) is 2.52. The summed E-state index contributed by atoms with van der Waals surface area (Å²) in [4.78, 5) is 37.8. The summed E-state index contributed by atoms with van der Waals surface area (Å²) in [6.07, 6.45) is 2.44. The predicted octanol–water partition coefficient (Wildman–Crippen LogP) is 0.623. The molecule has 1 aliphatic rings. The van der Waals surface area contributed by atoms with Gasteiger partial charge in [0, 0.05) is 19.7 Å². The second kappa shape index (κ2) is 7.39. The Morgan fingerprint density at radius 2 is 2.24 bits per heavy atom. The number of amides is 2. The molecule has 0 aliphatic carbocycles. The molecule has 132 valence electrons. The Morgan fingerprint density at radius 1 is 1.40 bits per heavy atom. The van der Waals surface area contributed by atoms with Crippen molar-refractivity contribution in [3.8, 4) is 0 Å². The van der Waals surface area contributed by atoms with E-state index in [-0.39, 0.29) is 17.6 Å². The van der Waals surface area contributed by atoms with Crippen molar-refractivity contribution in [1.29, 1.82) is 0 Å². The lowest BCUT2D eigenvalue weighted by Gasteiger charge is -2.31. The lowest BCUT2D eigenvalue weighted by molar-refractivity contribution is -0.119. The quantitative estimate of drug-likeness (QED) is 0.865. The summed E-state index contributed by atoms with van der Waals surface area (Å²) in [5.41, 5.74) is 1.24. The van der Waals surface area contributed by atoms with Crippen LogP contribution in [0.1, 0.15) is 40.8 Å². The number of morpholine rings is 1. The first-order valence-electron chi connectivity index (χ1n) is 7.92. The molecule has 0 bridgehead atoms. The van der Waals surface area contributed by atoms with Gasteiger partial charge in [0.05, 0.1) is 31.1 Å². The molecular formula is C16H19N5O4. The first kappa shape index (κ1) is 17.0. The van der Waals surface area contributed by atoms with Gasteiger partial charge in [-0.15, -0.1) is 0 Å². The molecule has 0 aromatic carbocycles. The van der Waals surface area contributed by atoms with E-state index in [0.29, 0.717) is 43.5 Å². The molecule has 2 aromatic heterocycles. The molecule has 3 heterocycles. The molecule has 1 N–H and O–H groups in total. The van der Waals surface area contributed by atoms with E-state index in [0.717, 1.165) is 0 Å². The minimum absolute atomic E-state index is 0.131. The number of oxazole rings is 1. The van der Waals surface area contributed by atoms with Gasteiger partial charge in [-0.2, -0.15) is 0 Å². The molecule has 0 saturated carbocycles. The van der Waals surface area contributed by atoms with Crippen LogP contribution in [-0.4, -0.2) is 51.4 Å². The van der Waals surface area contributed by atoms with Gasteiger partial charge in [0.1, 0.15) is 6.10 Å². The van der Waals surface area contributed by atoms with Gasteiger partial charge in [0.2, 0.25) is 11.7 Å². The van der Waals surface area contributed by atoms with Gasteiger partial charge >= 0.3 is 0 Å². The number of hydrogen-bond acceptors (Lipinski definition) is 7. The van der Waals surface area contributed by atoms with Gasteiger partial charge < -0.3 is 19.4 Å². The molecule has 0 radical (unpaired) electrons. The van der Waals surface area contributed by atoms with Crippen LogP contribution in [-0.2, 0) is 16.1 Å². The monoisotopic (exact) mass is 345 g/mol. The first-order valence-corrected chi connectivity index (χ1v) is 7.92. The number of aromatic nitrogens is 3. The fraction of sp³-hybridized carbons (Fsp3) is 0.438. The Balaban J connectivity index is 1.71. The molecule has 1 saturated heterocycles. The molecule has 1 fully saturated rings.